The topological polar surface area (TPSA) is 107 Å². The van der Waals surface area contributed by atoms with Crippen LogP contribution in [0.25, 0.3) is 11.3 Å². The highest BCUT2D eigenvalue weighted by molar-refractivity contribution is 5.98. The summed E-state index contributed by atoms with van der Waals surface area (Å²) in [4.78, 5) is 31.4. The molecule has 0 radical (unpaired) electrons. The van der Waals surface area contributed by atoms with E-state index in [1.54, 1.807) is 12.4 Å². The van der Waals surface area contributed by atoms with Crippen molar-refractivity contribution in [2.75, 3.05) is 6.54 Å². The Morgan fingerprint density at radius 2 is 2.00 bits per heavy atom. The number of benzene rings is 1. The predicted molar refractivity (Wildman–Crippen MR) is 109 cm³/mol. The standard InChI is InChI=1S/C22H22N4O3/c27-21(26-16(12-25-22(28)29)10-14-4-2-1-3-5-14)19-13-24-20-17-8-9-23-11-15(17)6-7-18(19)20/h1-5,8-9,11,13,16,24-25H,6-7,10,12H2,(H,26,27)(H,28,29)/t16-/m1/s1. The zero-order valence-electron chi connectivity index (χ0n) is 15.8. The number of carbonyl (C=O) groups is 2. The van der Waals surface area contributed by atoms with Gasteiger partial charge in [0.25, 0.3) is 5.91 Å². The van der Waals surface area contributed by atoms with Gasteiger partial charge in [-0.05, 0) is 42.0 Å². The molecule has 2 aromatic heterocycles. The molecule has 1 atom stereocenters. The van der Waals surface area contributed by atoms with Gasteiger partial charge in [-0.2, -0.15) is 0 Å². The molecule has 29 heavy (non-hydrogen) atoms. The summed E-state index contributed by atoms with van der Waals surface area (Å²) in [6.07, 6.45) is 6.38. The van der Waals surface area contributed by atoms with Crippen LogP contribution in [-0.2, 0) is 19.3 Å². The second-order valence-electron chi connectivity index (χ2n) is 7.13. The van der Waals surface area contributed by atoms with Crippen LogP contribution in [-0.4, -0.2) is 39.7 Å². The van der Waals surface area contributed by atoms with E-state index in [1.165, 1.54) is 5.56 Å². The number of pyridine rings is 1. The van der Waals surface area contributed by atoms with E-state index in [-0.39, 0.29) is 18.5 Å². The molecule has 3 aromatic rings. The summed E-state index contributed by atoms with van der Waals surface area (Å²) in [6, 6.07) is 11.3. The molecule has 2 amide bonds. The minimum Gasteiger partial charge on any atom is -0.465 e. The summed E-state index contributed by atoms with van der Waals surface area (Å²) in [5.74, 6) is -0.201. The van der Waals surface area contributed by atoms with Crippen molar-refractivity contribution < 1.29 is 14.7 Å². The molecule has 0 bridgehead atoms. The third-order valence-electron chi connectivity index (χ3n) is 5.21. The second-order valence-corrected chi connectivity index (χ2v) is 7.13. The number of aromatic amines is 1. The van der Waals surface area contributed by atoms with Crippen LogP contribution in [0.3, 0.4) is 0 Å². The molecular formula is C22H22N4O3. The number of aromatic nitrogens is 2. The molecule has 1 aliphatic carbocycles. The highest BCUT2D eigenvalue weighted by atomic mass is 16.4. The zero-order chi connectivity index (χ0) is 20.2. The van der Waals surface area contributed by atoms with Crippen LogP contribution in [0, 0.1) is 0 Å². The van der Waals surface area contributed by atoms with Gasteiger partial charge in [-0.1, -0.05) is 30.3 Å². The lowest BCUT2D eigenvalue weighted by molar-refractivity contribution is 0.0934. The fourth-order valence-corrected chi connectivity index (χ4v) is 3.83. The number of amides is 2. The van der Waals surface area contributed by atoms with E-state index in [4.69, 9.17) is 5.11 Å². The van der Waals surface area contributed by atoms with Crippen LogP contribution in [0.4, 0.5) is 4.79 Å². The van der Waals surface area contributed by atoms with Crippen LogP contribution in [0.15, 0.2) is 55.0 Å². The molecule has 0 aliphatic heterocycles. The van der Waals surface area contributed by atoms with E-state index in [0.717, 1.165) is 35.2 Å². The quantitative estimate of drug-likeness (QED) is 0.519. The smallest absolute Gasteiger partial charge is 0.404 e. The number of fused-ring (bicyclic) bond motifs is 3. The molecule has 1 aliphatic rings. The predicted octanol–water partition coefficient (Wildman–Crippen LogP) is 2.78. The first kappa shape index (κ1) is 18.7. The molecule has 0 saturated carbocycles. The summed E-state index contributed by atoms with van der Waals surface area (Å²) in [7, 11) is 0. The van der Waals surface area contributed by atoms with E-state index in [2.05, 4.69) is 20.6 Å². The van der Waals surface area contributed by atoms with Crippen molar-refractivity contribution >= 4 is 12.0 Å². The molecule has 0 fully saturated rings. The van der Waals surface area contributed by atoms with Gasteiger partial charge in [0, 0.05) is 36.4 Å². The van der Waals surface area contributed by atoms with Crippen LogP contribution in [0.5, 0.6) is 0 Å². The van der Waals surface area contributed by atoms with Crippen molar-refractivity contribution in [3.05, 3.63) is 77.2 Å². The lowest BCUT2D eigenvalue weighted by Gasteiger charge is -2.20. The zero-order valence-corrected chi connectivity index (χ0v) is 15.8. The Hall–Kier alpha value is -3.61. The Kier molecular flexibility index (Phi) is 5.29. The van der Waals surface area contributed by atoms with Crippen molar-refractivity contribution in [2.24, 2.45) is 0 Å². The number of nitrogens with one attached hydrogen (secondary N) is 3. The van der Waals surface area contributed by atoms with Gasteiger partial charge in [-0.25, -0.2) is 4.79 Å². The molecule has 4 N–H and O–H groups in total. The first-order valence-electron chi connectivity index (χ1n) is 9.57. The van der Waals surface area contributed by atoms with Gasteiger partial charge >= 0.3 is 6.09 Å². The summed E-state index contributed by atoms with van der Waals surface area (Å²) >= 11 is 0. The lowest BCUT2D eigenvalue weighted by Crippen LogP contribution is -2.44. The van der Waals surface area contributed by atoms with Crippen molar-refractivity contribution in [1.29, 1.82) is 0 Å². The molecule has 2 heterocycles. The van der Waals surface area contributed by atoms with Gasteiger partial charge in [-0.3, -0.25) is 9.78 Å². The number of carbonyl (C=O) groups excluding carboxylic acids is 1. The molecule has 0 spiro atoms. The Morgan fingerprint density at radius 3 is 2.79 bits per heavy atom. The van der Waals surface area contributed by atoms with Crippen LogP contribution < -0.4 is 10.6 Å². The van der Waals surface area contributed by atoms with E-state index in [1.807, 2.05) is 42.6 Å². The molecule has 0 saturated heterocycles. The van der Waals surface area contributed by atoms with Crippen LogP contribution in [0.1, 0.15) is 27.0 Å². The van der Waals surface area contributed by atoms with E-state index in [0.29, 0.717) is 12.0 Å². The third kappa shape index (κ3) is 4.13. The monoisotopic (exact) mass is 390 g/mol. The number of hydrogen-bond acceptors (Lipinski definition) is 3. The maximum absolute atomic E-state index is 13.0. The fraction of sp³-hybridized carbons (Fsp3) is 0.227. The van der Waals surface area contributed by atoms with Crippen molar-refractivity contribution in [3.63, 3.8) is 0 Å². The van der Waals surface area contributed by atoms with E-state index < -0.39 is 6.09 Å². The van der Waals surface area contributed by atoms with Crippen LogP contribution in [0.2, 0.25) is 0 Å². The molecular weight excluding hydrogens is 368 g/mol. The molecule has 1 aromatic carbocycles. The number of aryl methyl sites for hydroxylation is 1. The van der Waals surface area contributed by atoms with Gasteiger partial charge in [0.05, 0.1) is 11.6 Å². The number of nitrogens with zero attached hydrogens (tertiary/aromatic N) is 1. The summed E-state index contributed by atoms with van der Waals surface area (Å²) in [5, 5.41) is 14.3. The van der Waals surface area contributed by atoms with E-state index >= 15 is 0 Å². The van der Waals surface area contributed by atoms with Crippen molar-refractivity contribution in [1.82, 2.24) is 20.6 Å². The Balaban J connectivity index is 1.54. The molecule has 7 heteroatoms. The Labute approximate surface area is 168 Å². The van der Waals surface area contributed by atoms with Gasteiger partial charge < -0.3 is 20.7 Å². The van der Waals surface area contributed by atoms with Gasteiger partial charge in [0.2, 0.25) is 0 Å². The number of hydrogen-bond donors (Lipinski definition) is 4. The van der Waals surface area contributed by atoms with Gasteiger partial charge in [0.15, 0.2) is 0 Å². The molecule has 0 unspecified atom stereocenters. The average molecular weight is 390 g/mol. The largest absolute Gasteiger partial charge is 0.465 e. The molecule has 4 rings (SSSR count). The minimum absolute atomic E-state index is 0.136. The highest BCUT2D eigenvalue weighted by Gasteiger charge is 2.25. The maximum Gasteiger partial charge on any atom is 0.404 e. The number of carboxylic acid groups (broad SMARTS) is 1. The number of rotatable bonds is 6. The van der Waals surface area contributed by atoms with Crippen molar-refractivity contribution in [2.45, 2.75) is 25.3 Å². The molecule has 7 nitrogen and oxygen atoms in total. The summed E-state index contributed by atoms with van der Waals surface area (Å²) in [5.41, 5.74) is 5.83. The summed E-state index contributed by atoms with van der Waals surface area (Å²) < 4.78 is 0. The third-order valence-corrected chi connectivity index (χ3v) is 5.21. The van der Waals surface area contributed by atoms with E-state index in [9.17, 15) is 9.59 Å². The average Bonchev–Trinajstić information content (AvgIpc) is 3.17. The fourth-order valence-electron chi connectivity index (χ4n) is 3.83. The molecule has 148 valence electrons. The SMILES string of the molecule is O=C(O)NC[C@@H](Cc1ccccc1)NC(=O)c1c[nH]c2c1CCc1cnccc1-2. The number of H-pyrrole nitrogens is 1. The van der Waals surface area contributed by atoms with Crippen molar-refractivity contribution in [3.8, 4) is 11.3 Å². The Morgan fingerprint density at radius 1 is 1.17 bits per heavy atom. The maximum atomic E-state index is 13.0. The normalized spacial score (nSPS) is 13.1. The first-order chi connectivity index (χ1) is 14.1. The highest BCUT2D eigenvalue weighted by Crippen LogP contribution is 2.33. The minimum atomic E-state index is -1.11. The van der Waals surface area contributed by atoms with Crippen LogP contribution >= 0.6 is 0 Å². The second kappa shape index (κ2) is 8.18. The Bertz CT molecular complexity index is 1030. The van der Waals surface area contributed by atoms with Gasteiger partial charge in [0.1, 0.15) is 0 Å². The summed E-state index contributed by atoms with van der Waals surface area (Å²) in [6.45, 7) is 0.136. The van der Waals surface area contributed by atoms with Gasteiger partial charge in [-0.15, -0.1) is 0 Å². The lowest BCUT2D eigenvalue weighted by atomic mass is 9.90. The first-order valence-corrected chi connectivity index (χ1v) is 9.57.